The highest BCUT2D eigenvalue weighted by Crippen LogP contribution is 2.29. The molecule has 2 heteroatoms. The first-order chi connectivity index (χ1) is 5.29. The minimum absolute atomic E-state index is 0.157. The Kier molecular flexibility index (Phi) is 2.85. The standard InChI is InChI=1S/C9H14O2/c1-3-5-8-7(4-2)6-11-9(8)10/h3-4,7-10H,1-2,5-6H2. The van der Waals surface area contributed by atoms with Crippen LogP contribution in [0.1, 0.15) is 6.42 Å². The highest BCUT2D eigenvalue weighted by molar-refractivity contribution is 4.92. The van der Waals surface area contributed by atoms with E-state index in [4.69, 9.17) is 4.74 Å². The van der Waals surface area contributed by atoms with E-state index in [0.717, 1.165) is 6.42 Å². The molecule has 1 fully saturated rings. The van der Waals surface area contributed by atoms with Crippen molar-refractivity contribution < 1.29 is 9.84 Å². The number of ether oxygens (including phenoxy) is 1. The summed E-state index contributed by atoms with van der Waals surface area (Å²) >= 11 is 0. The molecule has 0 aromatic heterocycles. The van der Waals surface area contributed by atoms with Crippen molar-refractivity contribution in [1.82, 2.24) is 0 Å². The van der Waals surface area contributed by atoms with Crippen LogP contribution >= 0.6 is 0 Å². The van der Waals surface area contributed by atoms with Gasteiger partial charge in [-0.2, -0.15) is 0 Å². The summed E-state index contributed by atoms with van der Waals surface area (Å²) in [4.78, 5) is 0. The van der Waals surface area contributed by atoms with Gasteiger partial charge in [-0.3, -0.25) is 0 Å². The van der Waals surface area contributed by atoms with Crippen molar-refractivity contribution in [1.29, 1.82) is 0 Å². The number of rotatable bonds is 3. The van der Waals surface area contributed by atoms with Gasteiger partial charge in [0.25, 0.3) is 0 Å². The number of hydrogen-bond donors (Lipinski definition) is 1. The van der Waals surface area contributed by atoms with Crippen LogP contribution in [0, 0.1) is 11.8 Å². The predicted octanol–water partition coefficient (Wildman–Crippen LogP) is 1.33. The topological polar surface area (TPSA) is 29.5 Å². The zero-order chi connectivity index (χ0) is 8.27. The Morgan fingerprint density at radius 3 is 2.82 bits per heavy atom. The lowest BCUT2D eigenvalue weighted by Crippen LogP contribution is -2.18. The van der Waals surface area contributed by atoms with Gasteiger partial charge < -0.3 is 9.84 Å². The minimum Gasteiger partial charge on any atom is -0.368 e. The van der Waals surface area contributed by atoms with Gasteiger partial charge in [0.05, 0.1) is 6.61 Å². The summed E-state index contributed by atoms with van der Waals surface area (Å²) in [7, 11) is 0. The van der Waals surface area contributed by atoms with Crippen LogP contribution < -0.4 is 0 Å². The van der Waals surface area contributed by atoms with E-state index in [2.05, 4.69) is 13.2 Å². The van der Waals surface area contributed by atoms with Gasteiger partial charge in [0, 0.05) is 11.8 Å². The van der Waals surface area contributed by atoms with Gasteiger partial charge in [-0.1, -0.05) is 12.2 Å². The maximum absolute atomic E-state index is 9.30. The molecule has 0 bridgehead atoms. The van der Waals surface area contributed by atoms with E-state index in [1.54, 1.807) is 6.08 Å². The highest BCUT2D eigenvalue weighted by atomic mass is 16.6. The number of hydrogen-bond acceptors (Lipinski definition) is 2. The average Bonchev–Trinajstić information content (AvgIpc) is 2.34. The van der Waals surface area contributed by atoms with Crippen molar-refractivity contribution in [2.45, 2.75) is 12.7 Å². The quantitative estimate of drug-likeness (QED) is 0.621. The van der Waals surface area contributed by atoms with E-state index >= 15 is 0 Å². The van der Waals surface area contributed by atoms with Gasteiger partial charge in [-0.15, -0.1) is 13.2 Å². The molecule has 62 valence electrons. The molecule has 1 aliphatic heterocycles. The summed E-state index contributed by atoms with van der Waals surface area (Å²) in [6.45, 7) is 7.90. The summed E-state index contributed by atoms with van der Waals surface area (Å²) < 4.78 is 5.06. The van der Waals surface area contributed by atoms with Gasteiger partial charge in [0.2, 0.25) is 0 Å². The molecule has 0 radical (unpaired) electrons. The Balaban J connectivity index is 2.54. The van der Waals surface area contributed by atoms with Crippen LogP contribution in [-0.4, -0.2) is 18.0 Å². The van der Waals surface area contributed by atoms with Gasteiger partial charge in [0.1, 0.15) is 0 Å². The number of allylic oxidation sites excluding steroid dienone is 1. The smallest absolute Gasteiger partial charge is 0.158 e. The van der Waals surface area contributed by atoms with Crippen molar-refractivity contribution in [3.8, 4) is 0 Å². The predicted molar refractivity (Wildman–Crippen MR) is 43.9 cm³/mol. The Morgan fingerprint density at radius 2 is 2.27 bits per heavy atom. The van der Waals surface area contributed by atoms with Gasteiger partial charge >= 0.3 is 0 Å². The van der Waals surface area contributed by atoms with Crippen LogP contribution in [0.5, 0.6) is 0 Å². The fourth-order valence-corrected chi connectivity index (χ4v) is 1.39. The Bertz CT molecular complexity index is 154. The van der Waals surface area contributed by atoms with Crippen LogP contribution in [0.25, 0.3) is 0 Å². The first kappa shape index (κ1) is 8.50. The van der Waals surface area contributed by atoms with E-state index in [1.807, 2.05) is 6.08 Å². The Labute approximate surface area is 67.2 Å². The van der Waals surface area contributed by atoms with E-state index < -0.39 is 6.29 Å². The SMILES string of the molecule is C=CCC1C(C=C)COC1O. The van der Waals surface area contributed by atoms with E-state index in [0.29, 0.717) is 6.61 Å². The summed E-state index contributed by atoms with van der Waals surface area (Å²) in [5, 5.41) is 9.30. The normalized spacial score (nSPS) is 37.0. The minimum atomic E-state index is -0.629. The molecule has 3 unspecified atom stereocenters. The molecular weight excluding hydrogens is 140 g/mol. The molecule has 0 aromatic carbocycles. The lowest BCUT2D eigenvalue weighted by atomic mass is 9.92. The molecule has 0 aromatic rings. The van der Waals surface area contributed by atoms with E-state index in [-0.39, 0.29) is 11.8 Å². The molecule has 0 aliphatic carbocycles. The van der Waals surface area contributed by atoms with Crippen LogP contribution in [0.4, 0.5) is 0 Å². The summed E-state index contributed by atoms with van der Waals surface area (Å²) in [5.74, 6) is 0.438. The molecule has 1 saturated heterocycles. The third-order valence-electron chi connectivity index (χ3n) is 2.12. The second-order valence-electron chi connectivity index (χ2n) is 2.81. The largest absolute Gasteiger partial charge is 0.368 e. The molecule has 11 heavy (non-hydrogen) atoms. The third-order valence-corrected chi connectivity index (χ3v) is 2.12. The number of aliphatic hydroxyl groups excluding tert-OH is 1. The molecule has 1 heterocycles. The lowest BCUT2D eigenvalue weighted by molar-refractivity contribution is -0.0814. The van der Waals surface area contributed by atoms with Crippen LogP contribution in [0.3, 0.4) is 0 Å². The van der Waals surface area contributed by atoms with E-state index in [9.17, 15) is 5.11 Å². The lowest BCUT2D eigenvalue weighted by Gasteiger charge is -2.14. The molecule has 1 rings (SSSR count). The van der Waals surface area contributed by atoms with Gasteiger partial charge in [-0.05, 0) is 6.42 Å². The molecule has 0 amide bonds. The second-order valence-corrected chi connectivity index (χ2v) is 2.81. The fraction of sp³-hybridized carbons (Fsp3) is 0.556. The zero-order valence-corrected chi connectivity index (χ0v) is 6.57. The molecule has 2 nitrogen and oxygen atoms in total. The Hall–Kier alpha value is -0.600. The third kappa shape index (κ3) is 1.70. The summed E-state index contributed by atoms with van der Waals surface area (Å²) in [6, 6.07) is 0. The maximum atomic E-state index is 9.30. The number of aliphatic hydroxyl groups is 1. The molecule has 1 aliphatic rings. The van der Waals surface area contributed by atoms with Crippen molar-refractivity contribution in [3.05, 3.63) is 25.3 Å². The van der Waals surface area contributed by atoms with Crippen LogP contribution in [-0.2, 0) is 4.74 Å². The highest BCUT2D eigenvalue weighted by Gasteiger charge is 2.32. The monoisotopic (exact) mass is 154 g/mol. The second kappa shape index (κ2) is 3.69. The van der Waals surface area contributed by atoms with Gasteiger partial charge in [-0.25, -0.2) is 0 Å². The van der Waals surface area contributed by atoms with Gasteiger partial charge in [0.15, 0.2) is 6.29 Å². The van der Waals surface area contributed by atoms with E-state index in [1.165, 1.54) is 0 Å². The molecule has 0 spiro atoms. The molecule has 1 N–H and O–H groups in total. The maximum Gasteiger partial charge on any atom is 0.158 e. The fourth-order valence-electron chi connectivity index (χ4n) is 1.39. The summed E-state index contributed by atoms with van der Waals surface area (Å²) in [5.41, 5.74) is 0. The van der Waals surface area contributed by atoms with Crippen LogP contribution in [0.15, 0.2) is 25.3 Å². The first-order valence-corrected chi connectivity index (χ1v) is 3.82. The zero-order valence-electron chi connectivity index (χ0n) is 6.57. The average molecular weight is 154 g/mol. The molecule has 3 atom stereocenters. The molecule has 0 saturated carbocycles. The van der Waals surface area contributed by atoms with Crippen LogP contribution in [0.2, 0.25) is 0 Å². The van der Waals surface area contributed by atoms with Crippen molar-refractivity contribution >= 4 is 0 Å². The Morgan fingerprint density at radius 1 is 1.55 bits per heavy atom. The van der Waals surface area contributed by atoms with Crippen molar-refractivity contribution in [2.75, 3.05) is 6.61 Å². The summed E-state index contributed by atoms with van der Waals surface area (Å²) in [6.07, 6.45) is 3.80. The molecular formula is C9H14O2. The van der Waals surface area contributed by atoms with Crippen molar-refractivity contribution in [3.63, 3.8) is 0 Å². The van der Waals surface area contributed by atoms with Crippen molar-refractivity contribution in [2.24, 2.45) is 11.8 Å². The first-order valence-electron chi connectivity index (χ1n) is 3.82.